The third-order valence-corrected chi connectivity index (χ3v) is 4.89. The molecular formula is C18H22N4O4. The summed E-state index contributed by atoms with van der Waals surface area (Å²) < 4.78 is 0. The van der Waals surface area contributed by atoms with Crippen molar-refractivity contribution in [2.45, 2.75) is 24.8 Å². The van der Waals surface area contributed by atoms with E-state index in [9.17, 15) is 19.2 Å². The molecule has 0 bridgehead atoms. The van der Waals surface area contributed by atoms with Gasteiger partial charge in [-0.15, -0.1) is 0 Å². The van der Waals surface area contributed by atoms with E-state index in [1.165, 1.54) is 4.90 Å². The number of hydrogen-bond acceptors (Lipinski definition) is 4. The summed E-state index contributed by atoms with van der Waals surface area (Å²) in [5.41, 5.74) is 0.747. The number of urea groups is 1. The van der Waals surface area contributed by atoms with Gasteiger partial charge >= 0.3 is 6.03 Å². The number of benzene rings is 1. The van der Waals surface area contributed by atoms with Gasteiger partial charge in [0.05, 0.1) is 6.54 Å². The van der Waals surface area contributed by atoms with Gasteiger partial charge in [-0.25, -0.2) is 4.79 Å². The second-order valence-corrected chi connectivity index (χ2v) is 6.80. The number of fused-ring (bicyclic) bond motifs is 2. The summed E-state index contributed by atoms with van der Waals surface area (Å²) in [6.45, 7) is -0.585. The number of hydrogen-bond donors (Lipinski definition) is 2. The van der Waals surface area contributed by atoms with Crippen LogP contribution < -0.4 is 10.6 Å². The number of aryl methyl sites for hydroxylation is 1. The van der Waals surface area contributed by atoms with Crippen LogP contribution in [0.2, 0.25) is 0 Å². The van der Waals surface area contributed by atoms with Gasteiger partial charge in [-0.2, -0.15) is 0 Å². The molecule has 3 rings (SSSR count). The summed E-state index contributed by atoms with van der Waals surface area (Å²) in [4.78, 5) is 51.3. The molecule has 1 fully saturated rings. The van der Waals surface area contributed by atoms with E-state index in [0.717, 1.165) is 28.9 Å². The van der Waals surface area contributed by atoms with Crippen molar-refractivity contribution < 1.29 is 19.2 Å². The summed E-state index contributed by atoms with van der Waals surface area (Å²) in [5.74, 6) is -1.23. The number of imide groups is 1. The van der Waals surface area contributed by atoms with E-state index in [2.05, 4.69) is 10.6 Å². The maximum absolute atomic E-state index is 13.0. The fraction of sp³-hybridized carbons (Fsp3) is 0.444. The zero-order valence-corrected chi connectivity index (χ0v) is 14.9. The molecule has 138 valence electrons. The molecule has 1 aliphatic heterocycles. The number of carbonyl (C=O) groups is 4. The van der Waals surface area contributed by atoms with Crippen molar-refractivity contribution in [2.75, 3.05) is 27.2 Å². The molecule has 0 unspecified atom stereocenters. The first kappa shape index (κ1) is 17.9. The van der Waals surface area contributed by atoms with E-state index in [-0.39, 0.29) is 12.5 Å². The summed E-state index contributed by atoms with van der Waals surface area (Å²) in [5, 5.41) is 5.23. The molecule has 0 radical (unpaired) electrons. The van der Waals surface area contributed by atoms with Crippen molar-refractivity contribution in [1.29, 1.82) is 0 Å². The Morgan fingerprint density at radius 3 is 2.73 bits per heavy atom. The largest absolute Gasteiger partial charge is 0.347 e. The Morgan fingerprint density at radius 2 is 2.00 bits per heavy atom. The summed E-state index contributed by atoms with van der Waals surface area (Å²) >= 11 is 0. The predicted octanol–water partition coefficient (Wildman–Crippen LogP) is -0.0256. The average Bonchev–Trinajstić information content (AvgIpc) is 2.85. The van der Waals surface area contributed by atoms with Crippen LogP contribution in [0.15, 0.2) is 24.3 Å². The molecule has 5 amide bonds. The molecule has 1 saturated heterocycles. The Bertz CT molecular complexity index is 776. The van der Waals surface area contributed by atoms with Gasteiger partial charge < -0.3 is 15.5 Å². The quantitative estimate of drug-likeness (QED) is 0.739. The van der Waals surface area contributed by atoms with E-state index in [1.807, 2.05) is 24.3 Å². The highest BCUT2D eigenvalue weighted by Crippen LogP contribution is 2.39. The lowest BCUT2D eigenvalue weighted by molar-refractivity contribution is -0.136. The van der Waals surface area contributed by atoms with Gasteiger partial charge in [-0.1, -0.05) is 24.3 Å². The molecule has 1 spiro atoms. The molecule has 1 aromatic carbocycles. The average molecular weight is 358 g/mol. The Morgan fingerprint density at radius 1 is 1.27 bits per heavy atom. The molecule has 26 heavy (non-hydrogen) atoms. The molecule has 2 aliphatic rings. The van der Waals surface area contributed by atoms with Gasteiger partial charge in [0.15, 0.2) is 0 Å². The van der Waals surface area contributed by atoms with Crippen LogP contribution in [0.25, 0.3) is 0 Å². The van der Waals surface area contributed by atoms with Crippen LogP contribution in [-0.4, -0.2) is 60.7 Å². The highest BCUT2D eigenvalue weighted by atomic mass is 16.2. The van der Waals surface area contributed by atoms with Crippen molar-refractivity contribution in [3.05, 3.63) is 35.4 Å². The number of nitrogens with zero attached hydrogens (tertiary/aromatic N) is 2. The van der Waals surface area contributed by atoms with Crippen molar-refractivity contribution >= 4 is 23.8 Å². The third-order valence-electron chi connectivity index (χ3n) is 4.89. The van der Waals surface area contributed by atoms with Gasteiger partial charge in [-0.3, -0.25) is 19.3 Å². The lowest BCUT2D eigenvalue weighted by Crippen LogP contribution is -2.47. The topological polar surface area (TPSA) is 98.8 Å². The fourth-order valence-corrected chi connectivity index (χ4v) is 3.49. The van der Waals surface area contributed by atoms with Crippen LogP contribution in [0.1, 0.15) is 24.0 Å². The van der Waals surface area contributed by atoms with Gasteiger partial charge in [0.2, 0.25) is 11.8 Å². The molecule has 1 heterocycles. The molecular weight excluding hydrogens is 336 g/mol. The van der Waals surface area contributed by atoms with Crippen molar-refractivity contribution in [3.63, 3.8) is 0 Å². The monoisotopic (exact) mass is 358 g/mol. The molecule has 2 N–H and O–H groups in total. The SMILES string of the molecule is CN(C)C(=O)CNC(=O)CN1C(=O)N[C@@]2(CCCc3ccccc32)C1=O. The highest BCUT2D eigenvalue weighted by Gasteiger charge is 2.54. The van der Waals surface area contributed by atoms with Crippen LogP contribution in [-0.2, 0) is 26.3 Å². The first-order valence-electron chi connectivity index (χ1n) is 8.54. The minimum Gasteiger partial charge on any atom is -0.347 e. The molecule has 1 aromatic rings. The highest BCUT2D eigenvalue weighted by molar-refractivity contribution is 6.09. The zero-order valence-electron chi connectivity index (χ0n) is 14.9. The van der Waals surface area contributed by atoms with Gasteiger partial charge in [0.25, 0.3) is 5.91 Å². The second-order valence-electron chi connectivity index (χ2n) is 6.80. The second kappa shape index (κ2) is 6.78. The molecule has 8 heteroatoms. The molecule has 8 nitrogen and oxygen atoms in total. The van der Waals surface area contributed by atoms with Crippen LogP contribution >= 0.6 is 0 Å². The number of rotatable bonds is 4. The van der Waals surface area contributed by atoms with Crippen LogP contribution in [0.4, 0.5) is 4.79 Å². The minimum atomic E-state index is -1.09. The first-order valence-corrected chi connectivity index (χ1v) is 8.54. The molecule has 0 saturated carbocycles. The lowest BCUT2D eigenvalue weighted by Gasteiger charge is -2.33. The van der Waals surface area contributed by atoms with E-state index >= 15 is 0 Å². The summed E-state index contributed by atoms with van der Waals surface area (Å²) in [6.07, 6.45) is 2.14. The Kier molecular flexibility index (Phi) is 4.67. The molecule has 0 aromatic heterocycles. The first-order chi connectivity index (χ1) is 12.3. The maximum atomic E-state index is 13.0. The van der Waals surface area contributed by atoms with Gasteiger partial charge in [0.1, 0.15) is 12.1 Å². The molecule has 1 atom stereocenters. The van der Waals surface area contributed by atoms with Crippen LogP contribution in [0.5, 0.6) is 0 Å². The van der Waals surface area contributed by atoms with Crippen molar-refractivity contribution in [3.8, 4) is 0 Å². The minimum absolute atomic E-state index is 0.177. The van der Waals surface area contributed by atoms with E-state index in [4.69, 9.17) is 0 Å². The number of likely N-dealkylation sites (N-methyl/N-ethyl adjacent to an activating group) is 1. The Hall–Kier alpha value is -2.90. The Labute approximate surface area is 151 Å². The normalized spacial score (nSPS) is 21.4. The van der Waals surface area contributed by atoms with Crippen molar-refractivity contribution in [2.24, 2.45) is 0 Å². The van der Waals surface area contributed by atoms with Crippen molar-refractivity contribution in [1.82, 2.24) is 20.4 Å². The third kappa shape index (κ3) is 3.02. The standard InChI is InChI=1S/C18H22N4O4/c1-21(2)15(24)10-19-14(23)11-22-16(25)18(20-17(22)26)9-5-7-12-6-3-4-8-13(12)18/h3-4,6,8H,5,7,9-11H2,1-2H3,(H,19,23)(H,20,26)/t18-/m1/s1. The maximum Gasteiger partial charge on any atom is 0.325 e. The smallest absolute Gasteiger partial charge is 0.325 e. The van der Waals surface area contributed by atoms with E-state index in [0.29, 0.717) is 6.42 Å². The Balaban J connectivity index is 1.74. The van der Waals surface area contributed by atoms with Gasteiger partial charge in [-0.05, 0) is 30.4 Å². The summed E-state index contributed by atoms with van der Waals surface area (Å²) in [7, 11) is 3.16. The summed E-state index contributed by atoms with van der Waals surface area (Å²) in [6, 6.07) is 6.98. The van der Waals surface area contributed by atoms with E-state index in [1.54, 1.807) is 14.1 Å². The van der Waals surface area contributed by atoms with Crippen LogP contribution in [0.3, 0.4) is 0 Å². The number of carbonyl (C=O) groups excluding carboxylic acids is 4. The fourth-order valence-electron chi connectivity index (χ4n) is 3.49. The number of nitrogens with one attached hydrogen (secondary N) is 2. The van der Waals surface area contributed by atoms with Crippen LogP contribution in [0, 0.1) is 0 Å². The predicted molar refractivity (Wildman–Crippen MR) is 93.0 cm³/mol. The number of amides is 5. The molecule has 1 aliphatic carbocycles. The lowest BCUT2D eigenvalue weighted by atomic mass is 9.76. The van der Waals surface area contributed by atoms with Gasteiger partial charge in [0, 0.05) is 14.1 Å². The zero-order chi connectivity index (χ0) is 18.9. The van der Waals surface area contributed by atoms with E-state index < -0.39 is 29.9 Å².